The number of thiophene rings is 2. The number of halogens is 2. The van der Waals surface area contributed by atoms with Gasteiger partial charge in [0.15, 0.2) is 0 Å². The Kier molecular flexibility index (Phi) is 4.17. The van der Waals surface area contributed by atoms with Gasteiger partial charge in [-0.15, -0.1) is 22.7 Å². The molecule has 18 heavy (non-hydrogen) atoms. The lowest BCUT2D eigenvalue weighted by Crippen LogP contribution is -2.07. The Bertz CT molecular complexity index is 592. The summed E-state index contributed by atoms with van der Waals surface area (Å²) in [5, 5.41) is 2.20. The number of nitrogens with two attached hydrogens (primary N) is 1. The number of hydrogen-bond acceptors (Lipinski definition) is 5. The second-order valence-corrected chi connectivity index (χ2v) is 6.54. The molecule has 96 valence electrons. The van der Waals surface area contributed by atoms with Crippen LogP contribution in [0, 0.1) is 0 Å². The molecular formula is C11H9Cl2NO2S2. The summed E-state index contributed by atoms with van der Waals surface area (Å²) in [7, 11) is 0. The molecule has 0 fully saturated rings. The summed E-state index contributed by atoms with van der Waals surface area (Å²) in [6, 6.07) is 1.72. The van der Waals surface area contributed by atoms with E-state index in [1.165, 1.54) is 22.7 Å². The van der Waals surface area contributed by atoms with Crippen LogP contribution < -0.4 is 5.73 Å². The van der Waals surface area contributed by atoms with Crippen LogP contribution in [-0.4, -0.2) is 12.6 Å². The van der Waals surface area contributed by atoms with Crippen LogP contribution in [-0.2, 0) is 4.74 Å². The topological polar surface area (TPSA) is 52.3 Å². The van der Waals surface area contributed by atoms with Crippen LogP contribution in [0.2, 0.25) is 8.67 Å². The maximum absolute atomic E-state index is 11.9. The Balaban J connectivity index is 2.52. The predicted octanol–water partition coefficient (Wildman–Crippen LogP) is 4.54. The lowest BCUT2D eigenvalue weighted by Gasteiger charge is -2.04. The normalized spacial score (nSPS) is 10.6. The van der Waals surface area contributed by atoms with E-state index in [2.05, 4.69) is 0 Å². The van der Waals surface area contributed by atoms with Crippen molar-refractivity contribution < 1.29 is 9.53 Å². The monoisotopic (exact) mass is 321 g/mol. The Labute approximate surface area is 122 Å². The Morgan fingerprint density at radius 2 is 2.17 bits per heavy atom. The van der Waals surface area contributed by atoms with Gasteiger partial charge in [0.25, 0.3) is 0 Å². The summed E-state index contributed by atoms with van der Waals surface area (Å²) < 4.78 is 6.09. The van der Waals surface area contributed by atoms with E-state index in [0.717, 1.165) is 0 Å². The minimum atomic E-state index is -0.440. The van der Waals surface area contributed by atoms with Crippen molar-refractivity contribution in [2.75, 3.05) is 12.3 Å². The molecule has 0 aliphatic carbocycles. The second-order valence-electron chi connectivity index (χ2n) is 3.35. The molecule has 0 saturated heterocycles. The highest BCUT2D eigenvalue weighted by molar-refractivity contribution is 7.20. The summed E-state index contributed by atoms with van der Waals surface area (Å²) in [6.07, 6.45) is 0. The van der Waals surface area contributed by atoms with Gasteiger partial charge >= 0.3 is 5.97 Å². The number of carbonyl (C=O) groups is 1. The van der Waals surface area contributed by atoms with Crippen LogP contribution in [0.25, 0.3) is 11.1 Å². The van der Waals surface area contributed by atoms with E-state index in [-0.39, 0.29) is 0 Å². The maximum Gasteiger partial charge on any atom is 0.341 e. The summed E-state index contributed by atoms with van der Waals surface area (Å²) in [4.78, 5) is 11.9. The van der Waals surface area contributed by atoms with E-state index in [4.69, 9.17) is 33.7 Å². The Morgan fingerprint density at radius 3 is 2.72 bits per heavy atom. The fourth-order valence-corrected chi connectivity index (χ4v) is 3.80. The smallest absolute Gasteiger partial charge is 0.341 e. The fraction of sp³-hybridized carbons (Fsp3) is 0.182. The molecular weight excluding hydrogens is 313 g/mol. The van der Waals surface area contributed by atoms with E-state index in [1.807, 2.05) is 0 Å². The van der Waals surface area contributed by atoms with Gasteiger partial charge in [0.2, 0.25) is 0 Å². The van der Waals surface area contributed by atoms with Crippen molar-refractivity contribution in [1.29, 1.82) is 0 Å². The average molecular weight is 322 g/mol. The molecule has 0 aliphatic heterocycles. The van der Waals surface area contributed by atoms with Crippen molar-refractivity contribution in [2.45, 2.75) is 6.92 Å². The Hall–Kier alpha value is -0.750. The third-order valence-corrected chi connectivity index (χ3v) is 4.55. The van der Waals surface area contributed by atoms with Crippen LogP contribution >= 0.6 is 45.9 Å². The third-order valence-electron chi connectivity index (χ3n) is 2.25. The van der Waals surface area contributed by atoms with Crippen molar-refractivity contribution in [3.8, 4) is 11.1 Å². The minimum absolute atomic E-state index is 0.297. The van der Waals surface area contributed by atoms with Crippen LogP contribution in [0.1, 0.15) is 17.3 Å². The molecule has 2 aromatic rings. The van der Waals surface area contributed by atoms with E-state index in [1.54, 1.807) is 18.4 Å². The standard InChI is InChI=1S/C11H9Cl2NO2S2/c1-2-16-11(15)8-6(4-17-10(8)14)5-3-7(12)18-9(5)13/h3-4H,2,14H2,1H3. The summed E-state index contributed by atoms with van der Waals surface area (Å²) in [5.74, 6) is -0.440. The number of anilines is 1. The van der Waals surface area contributed by atoms with Gasteiger partial charge in [0.05, 0.1) is 10.9 Å². The largest absolute Gasteiger partial charge is 0.462 e. The molecule has 0 amide bonds. The number of rotatable bonds is 3. The number of carbonyl (C=O) groups excluding carboxylic acids is 1. The highest BCUT2D eigenvalue weighted by Gasteiger charge is 2.22. The van der Waals surface area contributed by atoms with E-state index in [9.17, 15) is 4.79 Å². The average Bonchev–Trinajstić information content (AvgIpc) is 2.82. The zero-order valence-corrected chi connectivity index (χ0v) is 12.5. The van der Waals surface area contributed by atoms with E-state index >= 15 is 0 Å². The van der Waals surface area contributed by atoms with Crippen LogP contribution in [0.3, 0.4) is 0 Å². The summed E-state index contributed by atoms with van der Waals surface area (Å²) >= 11 is 14.5. The molecule has 0 radical (unpaired) electrons. The van der Waals surface area contributed by atoms with Gasteiger partial charge in [-0.3, -0.25) is 0 Å². The first-order chi connectivity index (χ1) is 8.54. The van der Waals surface area contributed by atoms with E-state index in [0.29, 0.717) is 37.0 Å². The van der Waals surface area contributed by atoms with Crippen molar-refractivity contribution in [1.82, 2.24) is 0 Å². The third kappa shape index (κ3) is 2.49. The lowest BCUT2D eigenvalue weighted by molar-refractivity contribution is 0.0529. The number of ether oxygens (including phenoxy) is 1. The molecule has 7 heteroatoms. The molecule has 3 nitrogen and oxygen atoms in total. The molecule has 0 aromatic carbocycles. The van der Waals surface area contributed by atoms with Crippen LogP contribution in [0.15, 0.2) is 11.4 Å². The van der Waals surface area contributed by atoms with Gasteiger partial charge in [0, 0.05) is 16.5 Å². The van der Waals surface area contributed by atoms with Crippen LogP contribution in [0.4, 0.5) is 5.00 Å². The number of nitrogen functional groups attached to an aromatic ring is 1. The zero-order chi connectivity index (χ0) is 13.3. The lowest BCUT2D eigenvalue weighted by atomic mass is 10.1. The first kappa shape index (κ1) is 13.7. The van der Waals surface area contributed by atoms with Crippen molar-refractivity contribution in [3.63, 3.8) is 0 Å². The van der Waals surface area contributed by atoms with Gasteiger partial charge in [-0.2, -0.15) is 0 Å². The molecule has 0 aliphatic rings. The molecule has 2 rings (SSSR count). The minimum Gasteiger partial charge on any atom is -0.462 e. The molecule has 0 saturated carbocycles. The highest BCUT2D eigenvalue weighted by Crippen LogP contribution is 2.42. The first-order valence-corrected chi connectivity index (χ1v) is 7.49. The summed E-state index contributed by atoms with van der Waals surface area (Å²) in [5.41, 5.74) is 7.55. The number of esters is 1. The highest BCUT2D eigenvalue weighted by atomic mass is 35.5. The van der Waals surface area contributed by atoms with E-state index < -0.39 is 5.97 Å². The van der Waals surface area contributed by atoms with Gasteiger partial charge in [-0.05, 0) is 13.0 Å². The number of hydrogen-bond donors (Lipinski definition) is 1. The molecule has 0 bridgehead atoms. The van der Waals surface area contributed by atoms with Gasteiger partial charge in [0.1, 0.15) is 14.9 Å². The van der Waals surface area contributed by atoms with Gasteiger partial charge in [-0.25, -0.2) is 4.79 Å². The first-order valence-electron chi connectivity index (χ1n) is 5.03. The molecule has 0 atom stereocenters. The van der Waals surface area contributed by atoms with Crippen molar-refractivity contribution in [3.05, 3.63) is 25.7 Å². The van der Waals surface area contributed by atoms with Crippen LogP contribution in [0.5, 0.6) is 0 Å². The zero-order valence-electron chi connectivity index (χ0n) is 9.33. The van der Waals surface area contributed by atoms with Crippen molar-refractivity contribution >= 4 is 56.8 Å². The van der Waals surface area contributed by atoms with Gasteiger partial charge in [-0.1, -0.05) is 23.2 Å². The predicted molar refractivity (Wildman–Crippen MR) is 78.0 cm³/mol. The molecule has 2 aromatic heterocycles. The fourth-order valence-electron chi connectivity index (χ4n) is 1.51. The maximum atomic E-state index is 11.9. The second kappa shape index (κ2) is 5.48. The van der Waals surface area contributed by atoms with Crippen molar-refractivity contribution in [2.24, 2.45) is 0 Å². The molecule has 0 unspecified atom stereocenters. The SMILES string of the molecule is CCOC(=O)c1c(-c2cc(Cl)sc2Cl)csc1N. The summed E-state index contributed by atoms with van der Waals surface area (Å²) in [6.45, 7) is 2.04. The molecule has 2 N–H and O–H groups in total. The molecule has 2 heterocycles. The quantitative estimate of drug-likeness (QED) is 0.844. The Morgan fingerprint density at radius 1 is 1.44 bits per heavy atom. The molecule has 0 spiro atoms. The van der Waals surface area contributed by atoms with Gasteiger partial charge < -0.3 is 10.5 Å².